The maximum absolute atomic E-state index is 5.07. The Balaban J connectivity index is 2.33. The Labute approximate surface area is 56.6 Å². The lowest BCUT2D eigenvalue weighted by Crippen LogP contribution is -2.28. The van der Waals surface area contributed by atoms with Crippen LogP contribution in [0.15, 0.2) is 0 Å². The Morgan fingerprint density at radius 3 is 2.33 bits per heavy atom. The predicted molar refractivity (Wildman–Crippen MR) is 37.4 cm³/mol. The number of hydrogen-bond acceptors (Lipinski definition) is 2. The standard InChI is InChI=1S/C7H15NO/c1-6(2)7(4-8-7)5-9-3/h6,8H,4-5H2,1-3H3. The van der Waals surface area contributed by atoms with Gasteiger partial charge in [0.15, 0.2) is 0 Å². The molecule has 0 spiro atoms. The van der Waals surface area contributed by atoms with Crippen molar-refractivity contribution in [1.29, 1.82) is 0 Å². The van der Waals surface area contributed by atoms with E-state index < -0.39 is 0 Å². The zero-order chi connectivity index (χ0) is 6.91. The Kier molecular flexibility index (Phi) is 1.78. The highest BCUT2D eigenvalue weighted by Crippen LogP contribution is 2.26. The van der Waals surface area contributed by atoms with Crippen molar-refractivity contribution >= 4 is 0 Å². The SMILES string of the molecule is COCC1(C(C)C)CN1. The molecular formula is C7H15NO. The molecule has 9 heavy (non-hydrogen) atoms. The fraction of sp³-hybridized carbons (Fsp3) is 1.00. The Morgan fingerprint density at radius 1 is 1.67 bits per heavy atom. The lowest BCUT2D eigenvalue weighted by atomic mass is 9.97. The zero-order valence-electron chi connectivity index (χ0n) is 6.40. The van der Waals surface area contributed by atoms with Crippen molar-refractivity contribution in [2.24, 2.45) is 5.92 Å². The maximum Gasteiger partial charge on any atom is 0.0659 e. The van der Waals surface area contributed by atoms with Gasteiger partial charge in [-0.15, -0.1) is 0 Å². The number of methoxy groups -OCH3 is 1. The van der Waals surface area contributed by atoms with Crippen LogP contribution < -0.4 is 5.32 Å². The molecule has 1 fully saturated rings. The first kappa shape index (κ1) is 7.03. The van der Waals surface area contributed by atoms with Gasteiger partial charge in [0.25, 0.3) is 0 Å². The Hall–Kier alpha value is -0.0800. The zero-order valence-corrected chi connectivity index (χ0v) is 6.40. The molecule has 1 heterocycles. The summed E-state index contributed by atoms with van der Waals surface area (Å²) in [5, 5.41) is 3.32. The Morgan fingerprint density at radius 2 is 2.22 bits per heavy atom. The van der Waals surface area contributed by atoms with Crippen LogP contribution in [-0.4, -0.2) is 25.8 Å². The van der Waals surface area contributed by atoms with E-state index in [1.54, 1.807) is 7.11 Å². The third-order valence-corrected chi connectivity index (χ3v) is 2.14. The summed E-state index contributed by atoms with van der Waals surface area (Å²) in [6.45, 7) is 6.42. The molecule has 2 nitrogen and oxygen atoms in total. The molecule has 0 aromatic carbocycles. The normalized spacial score (nSPS) is 33.3. The average Bonchev–Trinajstić information content (AvgIpc) is 2.49. The molecule has 0 bridgehead atoms. The van der Waals surface area contributed by atoms with Gasteiger partial charge in [0, 0.05) is 13.7 Å². The van der Waals surface area contributed by atoms with Crippen molar-refractivity contribution in [1.82, 2.24) is 5.32 Å². The molecule has 1 atom stereocenters. The minimum absolute atomic E-state index is 0.328. The van der Waals surface area contributed by atoms with Crippen molar-refractivity contribution in [2.45, 2.75) is 19.4 Å². The summed E-state index contributed by atoms with van der Waals surface area (Å²) in [5.74, 6) is 0.692. The molecule has 0 saturated carbocycles. The van der Waals surface area contributed by atoms with Crippen molar-refractivity contribution in [3.63, 3.8) is 0 Å². The van der Waals surface area contributed by atoms with Gasteiger partial charge < -0.3 is 10.1 Å². The summed E-state index contributed by atoms with van der Waals surface area (Å²) >= 11 is 0. The first-order chi connectivity index (χ1) is 4.21. The van der Waals surface area contributed by atoms with E-state index in [0.717, 1.165) is 13.2 Å². The van der Waals surface area contributed by atoms with Crippen molar-refractivity contribution in [3.05, 3.63) is 0 Å². The van der Waals surface area contributed by atoms with Gasteiger partial charge in [0.1, 0.15) is 0 Å². The fourth-order valence-corrected chi connectivity index (χ4v) is 1.05. The van der Waals surface area contributed by atoms with Crippen LogP contribution in [0.2, 0.25) is 0 Å². The summed E-state index contributed by atoms with van der Waals surface area (Å²) in [6.07, 6.45) is 0. The van der Waals surface area contributed by atoms with E-state index in [-0.39, 0.29) is 0 Å². The molecule has 0 radical (unpaired) electrons. The smallest absolute Gasteiger partial charge is 0.0659 e. The van der Waals surface area contributed by atoms with E-state index in [1.165, 1.54) is 0 Å². The fourth-order valence-electron chi connectivity index (χ4n) is 1.05. The van der Waals surface area contributed by atoms with Gasteiger partial charge in [-0.25, -0.2) is 0 Å². The van der Waals surface area contributed by atoms with Crippen molar-refractivity contribution in [2.75, 3.05) is 20.3 Å². The largest absolute Gasteiger partial charge is 0.383 e. The first-order valence-electron chi connectivity index (χ1n) is 3.45. The second kappa shape index (κ2) is 2.27. The molecule has 54 valence electrons. The summed E-state index contributed by atoms with van der Waals surface area (Å²) in [6, 6.07) is 0. The van der Waals surface area contributed by atoms with Crippen LogP contribution in [-0.2, 0) is 4.74 Å². The molecule has 0 aromatic rings. The van der Waals surface area contributed by atoms with Gasteiger partial charge in [-0.1, -0.05) is 13.8 Å². The van der Waals surface area contributed by atoms with Gasteiger partial charge in [0.05, 0.1) is 12.1 Å². The summed E-state index contributed by atoms with van der Waals surface area (Å²) in [4.78, 5) is 0. The molecule has 0 aliphatic carbocycles. The van der Waals surface area contributed by atoms with Crippen LogP contribution in [0.4, 0.5) is 0 Å². The number of hydrogen-bond donors (Lipinski definition) is 1. The molecule has 0 aromatic heterocycles. The lowest BCUT2D eigenvalue weighted by Gasteiger charge is -2.15. The van der Waals surface area contributed by atoms with Gasteiger partial charge in [-0.2, -0.15) is 0 Å². The van der Waals surface area contributed by atoms with Crippen molar-refractivity contribution < 1.29 is 4.74 Å². The predicted octanol–water partition coefficient (Wildman–Crippen LogP) is 0.631. The molecule has 1 N–H and O–H groups in total. The minimum Gasteiger partial charge on any atom is -0.383 e. The molecule has 1 unspecified atom stereocenters. The van der Waals surface area contributed by atoms with E-state index in [0.29, 0.717) is 11.5 Å². The molecule has 1 saturated heterocycles. The van der Waals surface area contributed by atoms with Gasteiger partial charge >= 0.3 is 0 Å². The number of ether oxygens (including phenoxy) is 1. The molecule has 1 aliphatic rings. The third kappa shape index (κ3) is 1.25. The summed E-state index contributed by atoms with van der Waals surface area (Å²) in [5.41, 5.74) is 0.328. The van der Waals surface area contributed by atoms with Crippen molar-refractivity contribution in [3.8, 4) is 0 Å². The van der Waals surface area contributed by atoms with Gasteiger partial charge in [-0.3, -0.25) is 0 Å². The van der Waals surface area contributed by atoms with E-state index in [2.05, 4.69) is 19.2 Å². The molecule has 0 amide bonds. The Bertz CT molecular complexity index is 97.1. The second-order valence-corrected chi connectivity index (χ2v) is 3.10. The summed E-state index contributed by atoms with van der Waals surface area (Å²) < 4.78 is 5.07. The minimum atomic E-state index is 0.328. The van der Waals surface area contributed by atoms with Crippen LogP contribution in [0.1, 0.15) is 13.8 Å². The van der Waals surface area contributed by atoms with E-state index >= 15 is 0 Å². The maximum atomic E-state index is 5.07. The van der Waals surface area contributed by atoms with E-state index in [4.69, 9.17) is 4.74 Å². The molecule has 1 aliphatic heterocycles. The number of rotatable bonds is 3. The highest BCUT2D eigenvalue weighted by atomic mass is 16.5. The van der Waals surface area contributed by atoms with Crippen LogP contribution in [0.3, 0.4) is 0 Å². The van der Waals surface area contributed by atoms with Crippen LogP contribution in [0.5, 0.6) is 0 Å². The van der Waals surface area contributed by atoms with Crippen LogP contribution in [0.25, 0.3) is 0 Å². The third-order valence-electron chi connectivity index (χ3n) is 2.14. The average molecular weight is 129 g/mol. The summed E-state index contributed by atoms with van der Waals surface area (Å²) in [7, 11) is 1.75. The highest BCUT2D eigenvalue weighted by Gasteiger charge is 2.44. The highest BCUT2D eigenvalue weighted by molar-refractivity contribution is 5.05. The number of nitrogens with one attached hydrogen (secondary N) is 1. The molecule has 1 rings (SSSR count). The second-order valence-electron chi connectivity index (χ2n) is 3.10. The van der Waals surface area contributed by atoms with Gasteiger partial charge in [-0.05, 0) is 5.92 Å². The van der Waals surface area contributed by atoms with E-state index in [9.17, 15) is 0 Å². The van der Waals surface area contributed by atoms with Crippen LogP contribution in [0, 0.1) is 5.92 Å². The van der Waals surface area contributed by atoms with E-state index in [1.807, 2.05) is 0 Å². The first-order valence-corrected chi connectivity index (χ1v) is 3.45. The quantitative estimate of drug-likeness (QED) is 0.567. The molecule has 2 heteroatoms. The topological polar surface area (TPSA) is 31.2 Å². The monoisotopic (exact) mass is 129 g/mol. The van der Waals surface area contributed by atoms with Crippen LogP contribution >= 0.6 is 0 Å². The molecular weight excluding hydrogens is 114 g/mol. The lowest BCUT2D eigenvalue weighted by molar-refractivity contribution is 0.150. The van der Waals surface area contributed by atoms with Gasteiger partial charge in [0.2, 0.25) is 0 Å².